The molecule has 1 aliphatic rings. The number of thiophene rings is 1. The quantitative estimate of drug-likeness (QED) is 0.221. The maximum absolute atomic E-state index is 13.7. The van der Waals surface area contributed by atoms with Gasteiger partial charge in [0.25, 0.3) is 5.91 Å². The van der Waals surface area contributed by atoms with Gasteiger partial charge in [-0.3, -0.25) is 14.4 Å². The van der Waals surface area contributed by atoms with Crippen LogP contribution in [-0.2, 0) is 26.8 Å². The van der Waals surface area contributed by atoms with Crippen molar-refractivity contribution in [1.82, 2.24) is 20.2 Å². The van der Waals surface area contributed by atoms with E-state index in [0.717, 1.165) is 27.1 Å². The lowest BCUT2D eigenvalue weighted by Crippen LogP contribution is -2.49. The van der Waals surface area contributed by atoms with Crippen molar-refractivity contribution in [1.29, 1.82) is 0 Å². The van der Waals surface area contributed by atoms with Crippen molar-refractivity contribution < 1.29 is 19.5 Å². The van der Waals surface area contributed by atoms with Gasteiger partial charge < -0.3 is 15.3 Å². The van der Waals surface area contributed by atoms with E-state index in [2.05, 4.69) is 81.1 Å². The van der Waals surface area contributed by atoms with Crippen molar-refractivity contribution in [3.05, 3.63) is 93.9 Å². The average molecular weight is 639 g/mol. The molecule has 0 bridgehead atoms. The van der Waals surface area contributed by atoms with Crippen molar-refractivity contribution in [3.8, 4) is 22.5 Å². The highest BCUT2D eigenvalue weighted by Crippen LogP contribution is 2.30. The summed E-state index contributed by atoms with van der Waals surface area (Å²) in [4.78, 5) is 50.9. The molecule has 0 aliphatic carbocycles. The van der Waals surface area contributed by atoms with Gasteiger partial charge in [-0.2, -0.15) is 0 Å². The number of hydrogen-bond acceptors (Lipinski definition) is 6. The van der Waals surface area contributed by atoms with Crippen LogP contribution < -0.4 is 5.32 Å². The van der Waals surface area contributed by atoms with Crippen LogP contribution in [0.2, 0.25) is 0 Å². The van der Waals surface area contributed by atoms with E-state index in [1.807, 2.05) is 42.7 Å². The first-order valence-electron chi connectivity index (χ1n) is 15.6. The Balaban J connectivity index is 1.31. The molecule has 2 aromatic carbocycles. The number of amides is 2. The Kier molecular flexibility index (Phi) is 9.44. The number of hydrogen-bond donors (Lipinski definition) is 2. The van der Waals surface area contributed by atoms with Crippen LogP contribution in [0.1, 0.15) is 73.6 Å². The molecule has 2 aromatic heterocycles. The third-order valence-corrected chi connectivity index (χ3v) is 9.92. The molecule has 8 nitrogen and oxygen atoms in total. The maximum Gasteiger partial charge on any atom is 0.308 e. The number of carbonyl (C=O) groups excluding carboxylic acids is 2. The highest BCUT2D eigenvalue weighted by atomic mass is 32.1. The van der Waals surface area contributed by atoms with E-state index in [-0.39, 0.29) is 35.6 Å². The van der Waals surface area contributed by atoms with Crippen molar-refractivity contribution in [2.24, 2.45) is 5.92 Å². The number of carboxylic acids is 1. The molecule has 46 heavy (non-hydrogen) atoms. The predicted molar refractivity (Wildman–Crippen MR) is 182 cm³/mol. The van der Waals surface area contributed by atoms with E-state index in [1.165, 1.54) is 16.9 Å². The summed E-state index contributed by atoms with van der Waals surface area (Å²) in [5.41, 5.74) is 4.94. The van der Waals surface area contributed by atoms with Crippen LogP contribution in [0.3, 0.4) is 0 Å². The fourth-order valence-corrected chi connectivity index (χ4v) is 6.46. The third kappa shape index (κ3) is 7.70. The van der Waals surface area contributed by atoms with Crippen LogP contribution in [0.4, 0.5) is 0 Å². The summed E-state index contributed by atoms with van der Waals surface area (Å²) in [5, 5.41) is 12.4. The standard InChI is InChI=1S/C37H42N4O4S/c1-36(2,3)28-13-11-24(12-14-28)27-20-38-32(39-21-27)25-9-7-23(8-10-25)19-29(34(43)41-18-17-26(22-41)35(44)45)40-33(42)30-15-16-31(46-30)37(4,5)6/h7-16,20-21,26,29H,17-19,22H2,1-6H3,(H,40,42)(H,44,45)/t26-,29-/m0/s1. The number of aliphatic carboxylic acids is 1. The molecule has 1 aliphatic heterocycles. The molecule has 0 spiro atoms. The van der Waals surface area contributed by atoms with E-state index in [1.54, 1.807) is 11.0 Å². The summed E-state index contributed by atoms with van der Waals surface area (Å²) in [6.45, 7) is 13.3. The third-order valence-electron chi connectivity index (χ3n) is 8.41. The summed E-state index contributed by atoms with van der Waals surface area (Å²) < 4.78 is 0. The van der Waals surface area contributed by atoms with Crippen LogP contribution in [0, 0.1) is 5.92 Å². The summed E-state index contributed by atoms with van der Waals surface area (Å²) in [6.07, 6.45) is 4.31. The molecule has 2 N–H and O–H groups in total. The molecule has 2 amide bonds. The molecule has 0 radical (unpaired) electrons. The Morgan fingerprint density at radius 2 is 1.50 bits per heavy atom. The molecule has 4 aromatic rings. The fraction of sp³-hybridized carbons (Fsp3) is 0.378. The number of likely N-dealkylation sites (tertiary alicyclic amines) is 1. The Hall–Kier alpha value is -4.37. The topological polar surface area (TPSA) is 112 Å². The number of aromatic nitrogens is 2. The lowest BCUT2D eigenvalue weighted by Gasteiger charge is -2.24. The van der Waals surface area contributed by atoms with Crippen molar-refractivity contribution in [2.45, 2.75) is 71.3 Å². The molecular formula is C37H42N4O4S. The highest BCUT2D eigenvalue weighted by molar-refractivity contribution is 7.14. The first kappa shape index (κ1) is 33.0. The summed E-state index contributed by atoms with van der Waals surface area (Å²) in [6, 6.07) is 19.0. The van der Waals surface area contributed by atoms with Crippen LogP contribution >= 0.6 is 11.3 Å². The van der Waals surface area contributed by atoms with Gasteiger partial charge in [0.1, 0.15) is 6.04 Å². The minimum absolute atomic E-state index is 0.0851. The van der Waals surface area contributed by atoms with Crippen molar-refractivity contribution in [3.63, 3.8) is 0 Å². The van der Waals surface area contributed by atoms with E-state index < -0.39 is 17.9 Å². The molecule has 1 fully saturated rings. The van der Waals surface area contributed by atoms with Gasteiger partial charge >= 0.3 is 5.97 Å². The molecule has 5 rings (SSSR count). The molecule has 0 saturated carbocycles. The van der Waals surface area contributed by atoms with Crippen molar-refractivity contribution in [2.75, 3.05) is 13.1 Å². The second kappa shape index (κ2) is 13.2. The van der Waals surface area contributed by atoms with Crippen LogP contribution in [0.25, 0.3) is 22.5 Å². The van der Waals surface area contributed by atoms with Gasteiger partial charge in [0, 0.05) is 47.9 Å². The van der Waals surface area contributed by atoms with E-state index >= 15 is 0 Å². The number of nitrogens with zero attached hydrogens (tertiary/aromatic N) is 3. The molecule has 1 saturated heterocycles. The first-order valence-corrected chi connectivity index (χ1v) is 16.5. The van der Waals surface area contributed by atoms with Gasteiger partial charge in [0.2, 0.25) is 5.91 Å². The zero-order valence-electron chi connectivity index (χ0n) is 27.3. The highest BCUT2D eigenvalue weighted by Gasteiger charge is 2.35. The van der Waals surface area contributed by atoms with Crippen LogP contribution in [0.15, 0.2) is 73.1 Å². The Bertz CT molecular complexity index is 1700. The number of nitrogens with one attached hydrogen (secondary N) is 1. The normalized spacial score (nSPS) is 15.9. The van der Waals surface area contributed by atoms with Gasteiger partial charge in [0.15, 0.2) is 5.82 Å². The van der Waals surface area contributed by atoms with Gasteiger partial charge in [-0.1, -0.05) is 90.1 Å². The Morgan fingerprint density at radius 3 is 2.04 bits per heavy atom. The summed E-state index contributed by atoms with van der Waals surface area (Å²) >= 11 is 1.42. The molecule has 240 valence electrons. The second-order valence-corrected chi connectivity index (χ2v) is 15.2. The van der Waals surface area contributed by atoms with Gasteiger partial charge in [-0.25, -0.2) is 9.97 Å². The molecular weight excluding hydrogens is 596 g/mol. The number of carboxylic acid groups (broad SMARTS) is 1. The Morgan fingerprint density at radius 1 is 0.870 bits per heavy atom. The molecule has 9 heteroatoms. The summed E-state index contributed by atoms with van der Waals surface area (Å²) in [5.74, 6) is -1.50. The first-order chi connectivity index (χ1) is 21.7. The lowest BCUT2D eigenvalue weighted by molar-refractivity contribution is -0.141. The monoisotopic (exact) mass is 638 g/mol. The summed E-state index contributed by atoms with van der Waals surface area (Å²) in [7, 11) is 0. The number of benzene rings is 2. The van der Waals surface area contributed by atoms with Crippen LogP contribution in [-0.4, -0.2) is 56.9 Å². The van der Waals surface area contributed by atoms with Crippen LogP contribution in [0.5, 0.6) is 0 Å². The molecule has 3 heterocycles. The van der Waals surface area contributed by atoms with E-state index in [0.29, 0.717) is 23.7 Å². The molecule has 0 unspecified atom stereocenters. The van der Waals surface area contributed by atoms with Gasteiger partial charge in [0.05, 0.1) is 10.8 Å². The Labute approximate surface area is 274 Å². The number of rotatable bonds is 8. The SMILES string of the molecule is CC(C)(C)c1ccc(-c2cnc(-c3ccc(C[C@H](NC(=O)c4ccc(C(C)(C)C)s4)C(=O)N4CC[C@H](C(=O)O)C4)cc3)nc2)cc1. The number of carbonyl (C=O) groups is 3. The largest absolute Gasteiger partial charge is 0.481 e. The van der Waals surface area contributed by atoms with Gasteiger partial charge in [-0.05, 0) is 46.1 Å². The maximum atomic E-state index is 13.7. The molecule has 2 atom stereocenters. The van der Waals surface area contributed by atoms with E-state index in [9.17, 15) is 19.5 Å². The minimum Gasteiger partial charge on any atom is -0.481 e. The van der Waals surface area contributed by atoms with E-state index in [4.69, 9.17) is 0 Å². The zero-order chi connectivity index (χ0) is 33.2. The van der Waals surface area contributed by atoms with Crippen molar-refractivity contribution >= 4 is 29.1 Å². The predicted octanol–water partition coefficient (Wildman–Crippen LogP) is 6.74. The fourth-order valence-electron chi connectivity index (χ4n) is 5.49. The smallest absolute Gasteiger partial charge is 0.308 e. The average Bonchev–Trinajstić information content (AvgIpc) is 3.72. The lowest BCUT2D eigenvalue weighted by atomic mass is 9.86. The van der Waals surface area contributed by atoms with Gasteiger partial charge in [-0.15, -0.1) is 11.3 Å². The second-order valence-electron chi connectivity index (χ2n) is 14.1. The minimum atomic E-state index is -0.909. The zero-order valence-corrected chi connectivity index (χ0v) is 28.1.